The summed E-state index contributed by atoms with van der Waals surface area (Å²) < 4.78 is 10.7. The van der Waals surface area contributed by atoms with Gasteiger partial charge in [-0.3, -0.25) is 4.79 Å². The first-order valence-corrected chi connectivity index (χ1v) is 8.95. The fraction of sp³-hybridized carbons (Fsp3) is 0.273. The predicted octanol–water partition coefficient (Wildman–Crippen LogP) is 3.65. The van der Waals surface area contributed by atoms with E-state index in [1.165, 1.54) is 0 Å². The second-order valence-electron chi connectivity index (χ2n) is 5.81. The zero-order valence-electron chi connectivity index (χ0n) is 16.0. The molecular weight excluding hydrogens is 342 g/mol. The van der Waals surface area contributed by atoms with Crippen molar-refractivity contribution in [3.05, 3.63) is 65.7 Å². The van der Waals surface area contributed by atoms with E-state index in [1.54, 1.807) is 18.1 Å². The Labute approximate surface area is 160 Å². The molecule has 2 aromatic rings. The third-order valence-electron chi connectivity index (χ3n) is 4.19. The molecule has 0 bridgehead atoms. The second kappa shape index (κ2) is 10.2. The molecule has 0 radical (unpaired) electrons. The van der Waals surface area contributed by atoms with Gasteiger partial charge in [0.05, 0.1) is 12.7 Å². The number of ether oxygens (including phenoxy) is 2. The summed E-state index contributed by atoms with van der Waals surface area (Å²) in [7, 11) is 1.58. The Morgan fingerprint density at radius 3 is 2.22 bits per heavy atom. The number of hydrogen-bond acceptors (Lipinski definition) is 4. The maximum absolute atomic E-state index is 12.7. The van der Waals surface area contributed by atoms with Crippen molar-refractivity contribution in [2.45, 2.75) is 13.8 Å². The zero-order valence-corrected chi connectivity index (χ0v) is 16.0. The van der Waals surface area contributed by atoms with Crippen molar-refractivity contribution >= 4 is 23.5 Å². The van der Waals surface area contributed by atoms with Gasteiger partial charge in [-0.2, -0.15) is 0 Å². The molecule has 5 heteroatoms. The van der Waals surface area contributed by atoms with Crippen LogP contribution in [0.25, 0.3) is 11.6 Å². The number of esters is 1. The van der Waals surface area contributed by atoms with Crippen LogP contribution in [-0.2, 0) is 14.3 Å². The van der Waals surface area contributed by atoms with Crippen LogP contribution in [0.3, 0.4) is 0 Å². The Hall–Kier alpha value is -3.08. The second-order valence-corrected chi connectivity index (χ2v) is 5.81. The van der Waals surface area contributed by atoms with Crippen LogP contribution in [0.2, 0.25) is 0 Å². The predicted molar refractivity (Wildman–Crippen MR) is 106 cm³/mol. The van der Waals surface area contributed by atoms with E-state index < -0.39 is 5.97 Å². The lowest BCUT2D eigenvalue weighted by atomic mass is 10.0. The highest BCUT2D eigenvalue weighted by atomic mass is 16.5. The molecule has 2 rings (SSSR count). The van der Waals surface area contributed by atoms with Crippen LogP contribution in [0, 0.1) is 0 Å². The molecule has 0 atom stereocenters. The third kappa shape index (κ3) is 5.45. The van der Waals surface area contributed by atoms with E-state index >= 15 is 0 Å². The number of para-hydroxylation sites is 1. The maximum Gasteiger partial charge on any atom is 0.339 e. The van der Waals surface area contributed by atoms with Crippen molar-refractivity contribution in [2.24, 2.45) is 0 Å². The van der Waals surface area contributed by atoms with Crippen molar-refractivity contribution in [1.29, 1.82) is 0 Å². The van der Waals surface area contributed by atoms with Gasteiger partial charge >= 0.3 is 5.97 Å². The number of rotatable bonds is 8. The Balaban J connectivity index is 2.30. The van der Waals surface area contributed by atoms with Crippen LogP contribution >= 0.6 is 0 Å². The van der Waals surface area contributed by atoms with Crippen LogP contribution in [0.15, 0.2) is 54.6 Å². The fourth-order valence-electron chi connectivity index (χ4n) is 2.69. The van der Waals surface area contributed by atoms with Gasteiger partial charge in [0.15, 0.2) is 6.61 Å². The van der Waals surface area contributed by atoms with Gasteiger partial charge in [-0.1, -0.05) is 48.5 Å². The van der Waals surface area contributed by atoms with E-state index in [4.69, 9.17) is 9.47 Å². The summed E-state index contributed by atoms with van der Waals surface area (Å²) in [6, 6.07) is 16.6. The third-order valence-corrected chi connectivity index (χ3v) is 4.19. The van der Waals surface area contributed by atoms with Crippen molar-refractivity contribution in [3.8, 4) is 5.75 Å². The molecule has 0 saturated heterocycles. The van der Waals surface area contributed by atoms with Crippen molar-refractivity contribution < 1.29 is 19.1 Å². The van der Waals surface area contributed by atoms with E-state index in [1.807, 2.05) is 68.4 Å². The van der Waals surface area contributed by atoms with Crippen LogP contribution in [0.5, 0.6) is 5.75 Å². The maximum atomic E-state index is 12.7. The van der Waals surface area contributed by atoms with Gasteiger partial charge in [0.1, 0.15) is 5.75 Å². The Morgan fingerprint density at radius 1 is 0.963 bits per heavy atom. The van der Waals surface area contributed by atoms with Gasteiger partial charge < -0.3 is 14.4 Å². The van der Waals surface area contributed by atoms with Gasteiger partial charge in [-0.05, 0) is 31.6 Å². The molecule has 0 aliphatic carbocycles. The number of nitrogens with zero attached hydrogens (tertiary/aromatic N) is 1. The summed E-state index contributed by atoms with van der Waals surface area (Å²) in [6.07, 6.45) is 1.72. The van der Waals surface area contributed by atoms with Gasteiger partial charge in [0.2, 0.25) is 0 Å². The smallest absolute Gasteiger partial charge is 0.339 e. The molecule has 0 N–H and O–H groups in total. The number of carbonyl (C=O) groups is 2. The van der Waals surface area contributed by atoms with Crippen molar-refractivity contribution in [1.82, 2.24) is 4.90 Å². The summed E-state index contributed by atoms with van der Waals surface area (Å²) in [5.41, 5.74) is 1.84. The van der Waals surface area contributed by atoms with Gasteiger partial charge in [-0.25, -0.2) is 4.79 Å². The Kier molecular flexibility index (Phi) is 7.62. The quantitative estimate of drug-likeness (QED) is 0.406. The lowest BCUT2D eigenvalue weighted by Crippen LogP contribution is -2.34. The minimum absolute atomic E-state index is 0.210. The fourth-order valence-corrected chi connectivity index (χ4v) is 2.69. The molecule has 0 aromatic heterocycles. The summed E-state index contributed by atoms with van der Waals surface area (Å²) in [5.74, 6) is -0.108. The van der Waals surface area contributed by atoms with E-state index in [9.17, 15) is 9.59 Å². The molecule has 27 heavy (non-hydrogen) atoms. The summed E-state index contributed by atoms with van der Waals surface area (Å²) in [4.78, 5) is 26.5. The zero-order chi connectivity index (χ0) is 19.6. The Bertz CT molecular complexity index is 795. The van der Waals surface area contributed by atoms with E-state index in [0.29, 0.717) is 30.0 Å². The monoisotopic (exact) mass is 367 g/mol. The summed E-state index contributed by atoms with van der Waals surface area (Å²) in [5, 5.41) is 0. The number of amides is 1. The minimum Gasteiger partial charge on any atom is -0.496 e. The molecule has 0 fully saturated rings. The van der Waals surface area contributed by atoms with E-state index in [2.05, 4.69) is 0 Å². The Morgan fingerprint density at radius 2 is 1.59 bits per heavy atom. The van der Waals surface area contributed by atoms with Gasteiger partial charge in [0, 0.05) is 18.7 Å². The molecule has 5 nitrogen and oxygen atoms in total. The highest BCUT2D eigenvalue weighted by molar-refractivity contribution is 6.22. The minimum atomic E-state index is -0.549. The molecule has 0 aliphatic rings. The first-order valence-electron chi connectivity index (χ1n) is 8.95. The highest BCUT2D eigenvalue weighted by Gasteiger charge is 2.18. The molecule has 2 aromatic carbocycles. The molecule has 0 spiro atoms. The normalized spacial score (nSPS) is 11.0. The standard InChI is InChI=1S/C22H25NO4/c1-4-23(5-2)21(24)16-27-22(25)19(17-11-7-6-8-12-17)15-18-13-9-10-14-20(18)26-3/h6-15H,4-5,16H2,1-3H3/b19-15+. The van der Waals surface area contributed by atoms with Crippen LogP contribution in [-0.4, -0.2) is 43.6 Å². The van der Waals surface area contributed by atoms with Crippen LogP contribution in [0.1, 0.15) is 25.0 Å². The highest BCUT2D eigenvalue weighted by Crippen LogP contribution is 2.25. The average molecular weight is 367 g/mol. The van der Waals surface area contributed by atoms with Gasteiger partial charge in [-0.15, -0.1) is 0 Å². The van der Waals surface area contributed by atoms with Crippen molar-refractivity contribution in [2.75, 3.05) is 26.8 Å². The van der Waals surface area contributed by atoms with Gasteiger partial charge in [0.25, 0.3) is 5.91 Å². The molecule has 142 valence electrons. The lowest BCUT2D eigenvalue weighted by molar-refractivity contribution is -0.147. The summed E-state index contributed by atoms with van der Waals surface area (Å²) >= 11 is 0. The number of likely N-dealkylation sites (N-methyl/N-ethyl adjacent to an activating group) is 1. The largest absolute Gasteiger partial charge is 0.496 e. The lowest BCUT2D eigenvalue weighted by Gasteiger charge is -2.18. The molecular formula is C22H25NO4. The van der Waals surface area contributed by atoms with E-state index in [0.717, 1.165) is 5.56 Å². The first-order chi connectivity index (χ1) is 13.1. The van der Waals surface area contributed by atoms with E-state index in [-0.39, 0.29) is 12.5 Å². The first kappa shape index (κ1) is 20.2. The topological polar surface area (TPSA) is 55.8 Å². The average Bonchev–Trinajstić information content (AvgIpc) is 2.72. The number of methoxy groups -OCH3 is 1. The SMILES string of the molecule is CCN(CC)C(=O)COC(=O)/C(=C/c1ccccc1OC)c1ccccc1. The number of carbonyl (C=O) groups excluding carboxylic acids is 2. The molecule has 1 amide bonds. The molecule has 0 unspecified atom stereocenters. The summed E-state index contributed by atoms with van der Waals surface area (Å²) in [6.45, 7) is 4.65. The number of benzene rings is 2. The molecule has 0 aliphatic heterocycles. The van der Waals surface area contributed by atoms with Crippen LogP contribution < -0.4 is 4.74 Å². The number of hydrogen-bond donors (Lipinski definition) is 0. The van der Waals surface area contributed by atoms with Crippen molar-refractivity contribution in [3.63, 3.8) is 0 Å². The van der Waals surface area contributed by atoms with Crippen LogP contribution in [0.4, 0.5) is 0 Å². The molecule has 0 heterocycles. The molecule has 0 saturated carbocycles.